The predicted octanol–water partition coefficient (Wildman–Crippen LogP) is 4.43. The summed E-state index contributed by atoms with van der Waals surface area (Å²) in [6, 6.07) is 7.72. The van der Waals surface area contributed by atoms with Crippen molar-refractivity contribution in [1.29, 1.82) is 0 Å². The Morgan fingerprint density at radius 1 is 1.26 bits per heavy atom. The number of hydrogen-bond donors (Lipinski definition) is 1. The van der Waals surface area contributed by atoms with Gasteiger partial charge in [0.25, 0.3) is 0 Å². The van der Waals surface area contributed by atoms with E-state index >= 15 is 0 Å². The first-order valence-corrected chi connectivity index (χ1v) is 9.01. The normalized spacial score (nSPS) is 11.2. The first-order chi connectivity index (χ1) is 12.6. The van der Waals surface area contributed by atoms with Crippen molar-refractivity contribution in [2.45, 2.75) is 39.8 Å². The molecule has 1 N–H and O–H groups in total. The summed E-state index contributed by atoms with van der Waals surface area (Å²) in [4.78, 5) is 24.0. The van der Waals surface area contributed by atoms with Crippen molar-refractivity contribution >= 4 is 23.7 Å². The molecule has 0 aliphatic carbocycles. The van der Waals surface area contributed by atoms with Gasteiger partial charge in [0.15, 0.2) is 0 Å². The Labute approximate surface area is 164 Å². The quantitative estimate of drug-likeness (QED) is 0.764. The van der Waals surface area contributed by atoms with Crippen molar-refractivity contribution in [3.63, 3.8) is 0 Å². The third-order valence-corrected chi connectivity index (χ3v) is 4.15. The zero-order valence-corrected chi connectivity index (χ0v) is 17.0. The lowest BCUT2D eigenvalue weighted by Crippen LogP contribution is -2.34. The Morgan fingerprint density at radius 3 is 2.56 bits per heavy atom. The van der Waals surface area contributed by atoms with E-state index in [2.05, 4.69) is 5.32 Å². The molecule has 0 saturated carbocycles. The van der Waals surface area contributed by atoms with Gasteiger partial charge in [-0.1, -0.05) is 41.4 Å². The summed E-state index contributed by atoms with van der Waals surface area (Å²) in [5.74, 6) is -0.466. The van der Waals surface area contributed by atoms with E-state index in [1.807, 2.05) is 31.2 Å². The highest BCUT2D eigenvalue weighted by Gasteiger charge is 2.22. The van der Waals surface area contributed by atoms with Crippen molar-refractivity contribution in [2.24, 2.45) is 0 Å². The van der Waals surface area contributed by atoms with Crippen LogP contribution in [0.1, 0.15) is 36.7 Å². The first kappa shape index (κ1) is 20.8. The number of halogens is 1. The van der Waals surface area contributed by atoms with Crippen molar-refractivity contribution in [2.75, 3.05) is 13.7 Å². The van der Waals surface area contributed by atoms with Gasteiger partial charge in [0, 0.05) is 24.8 Å². The fourth-order valence-corrected chi connectivity index (χ4v) is 2.97. The van der Waals surface area contributed by atoms with Crippen molar-refractivity contribution < 1.29 is 19.1 Å². The van der Waals surface area contributed by atoms with Crippen LogP contribution in [0.2, 0.25) is 5.15 Å². The van der Waals surface area contributed by atoms with Crippen LogP contribution < -0.4 is 5.32 Å². The number of alkyl carbamates (subject to hydrolysis) is 1. The highest BCUT2D eigenvalue weighted by molar-refractivity contribution is 6.33. The average molecular weight is 393 g/mol. The molecular weight excluding hydrogens is 368 g/mol. The number of nitrogens with zero attached hydrogens (tertiary/aromatic N) is 1. The zero-order chi connectivity index (χ0) is 20.2. The highest BCUT2D eigenvalue weighted by atomic mass is 35.5. The molecular formula is C20H25ClN2O4. The van der Waals surface area contributed by atoms with Gasteiger partial charge in [-0.2, -0.15) is 0 Å². The van der Waals surface area contributed by atoms with Crippen molar-refractivity contribution in [3.8, 4) is 11.1 Å². The maximum Gasteiger partial charge on any atom is 0.407 e. The van der Waals surface area contributed by atoms with Crippen molar-refractivity contribution in [3.05, 3.63) is 46.7 Å². The summed E-state index contributed by atoms with van der Waals surface area (Å²) in [6.07, 6.45) is 1.14. The number of rotatable bonds is 5. The number of aromatic nitrogens is 1. The summed E-state index contributed by atoms with van der Waals surface area (Å²) in [5, 5.41) is 3.09. The molecule has 7 heteroatoms. The Kier molecular flexibility index (Phi) is 6.54. The van der Waals surface area contributed by atoms with Crippen LogP contribution in [-0.2, 0) is 16.0 Å². The van der Waals surface area contributed by atoms with E-state index in [9.17, 15) is 9.59 Å². The molecule has 0 radical (unpaired) electrons. The molecule has 0 aliphatic rings. The van der Waals surface area contributed by atoms with Gasteiger partial charge in [0.1, 0.15) is 10.8 Å². The van der Waals surface area contributed by atoms with E-state index in [0.29, 0.717) is 29.4 Å². The standard InChI is InChI=1S/C20H25ClN2O4/c1-13-7-6-8-14(11-13)16-15(18(24)26-5)12-23(17(16)21)10-9-22-19(25)27-20(2,3)4/h6-8,11-12H,9-10H2,1-5H3,(H,22,25). The Hall–Kier alpha value is -2.47. The molecule has 2 rings (SSSR count). The van der Waals surface area contributed by atoms with Crippen LogP contribution in [0, 0.1) is 6.92 Å². The summed E-state index contributed by atoms with van der Waals surface area (Å²) in [5.41, 5.74) is 2.32. The van der Waals surface area contributed by atoms with Gasteiger partial charge in [-0.3, -0.25) is 0 Å². The third-order valence-electron chi connectivity index (χ3n) is 3.75. The number of benzene rings is 1. The molecule has 0 saturated heterocycles. The second-order valence-corrected chi connectivity index (χ2v) is 7.55. The Balaban J connectivity index is 2.23. The molecule has 27 heavy (non-hydrogen) atoms. The number of carbonyl (C=O) groups excluding carboxylic acids is 2. The topological polar surface area (TPSA) is 69.6 Å². The van der Waals surface area contributed by atoms with Crippen LogP contribution in [-0.4, -0.2) is 35.9 Å². The van der Waals surface area contributed by atoms with E-state index in [1.165, 1.54) is 7.11 Å². The van der Waals surface area contributed by atoms with E-state index in [-0.39, 0.29) is 0 Å². The lowest BCUT2D eigenvalue weighted by molar-refractivity contribution is 0.0524. The molecule has 6 nitrogen and oxygen atoms in total. The molecule has 1 heterocycles. The molecule has 146 valence electrons. The number of hydrogen-bond acceptors (Lipinski definition) is 4. The lowest BCUT2D eigenvalue weighted by atomic mass is 10.0. The van der Waals surface area contributed by atoms with Crippen LogP contribution >= 0.6 is 11.6 Å². The van der Waals surface area contributed by atoms with Crippen LogP contribution in [0.15, 0.2) is 30.5 Å². The SMILES string of the molecule is COC(=O)c1cn(CCNC(=O)OC(C)(C)C)c(Cl)c1-c1cccc(C)c1. The average Bonchev–Trinajstić information content (AvgIpc) is 2.89. The Bertz CT molecular complexity index is 837. The molecule has 0 unspecified atom stereocenters. The monoisotopic (exact) mass is 392 g/mol. The molecule has 0 aliphatic heterocycles. The fraction of sp³-hybridized carbons (Fsp3) is 0.400. The predicted molar refractivity (Wildman–Crippen MR) is 105 cm³/mol. The number of aryl methyl sites for hydroxylation is 1. The van der Waals surface area contributed by atoms with Crippen LogP contribution in [0.25, 0.3) is 11.1 Å². The number of amides is 1. The van der Waals surface area contributed by atoms with E-state index in [1.54, 1.807) is 31.5 Å². The molecule has 0 atom stereocenters. The second-order valence-electron chi connectivity index (χ2n) is 7.19. The van der Waals surface area contributed by atoms with Crippen molar-refractivity contribution in [1.82, 2.24) is 9.88 Å². The van der Waals surface area contributed by atoms with Gasteiger partial charge >= 0.3 is 12.1 Å². The van der Waals surface area contributed by atoms with Gasteiger partial charge in [0.2, 0.25) is 0 Å². The second kappa shape index (κ2) is 8.48. The summed E-state index contributed by atoms with van der Waals surface area (Å²) < 4.78 is 11.8. The first-order valence-electron chi connectivity index (χ1n) is 8.63. The molecule has 1 amide bonds. The number of methoxy groups -OCH3 is 1. The lowest BCUT2D eigenvalue weighted by Gasteiger charge is -2.19. The van der Waals surface area contributed by atoms with Gasteiger partial charge in [-0.05, 0) is 33.3 Å². The minimum Gasteiger partial charge on any atom is -0.465 e. The van der Waals surface area contributed by atoms with Gasteiger partial charge < -0.3 is 19.4 Å². The minimum atomic E-state index is -0.564. The van der Waals surface area contributed by atoms with Gasteiger partial charge in [-0.25, -0.2) is 9.59 Å². The molecule has 1 aromatic carbocycles. The highest BCUT2D eigenvalue weighted by Crippen LogP contribution is 2.34. The molecule has 1 aromatic heterocycles. The maximum absolute atomic E-state index is 12.2. The molecule has 2 aromatic rings. The van der Waals surface area contributed by atoms with Crippen LogP contribution in [0.3, 0.4) is 0 Å². The van der Waals surface area contributed by atoms with E-state index in [0.717, 1.165) is 11.1 Å². The number of ether oxygens (including phenoxy) is 2. The number of nitrogens with one attached hydrogen (secondary N) is 1. The van der Waals surface area contributed by atoms with Crippen LogP contribution in [0.4, 0.5) is 4.79 Å². The zero-order valence-electron chi connectivity index (χ0n) is 16.3. The fourth-order valence-electron chi connectivity index (χ4n) is 2.63. The van der Waals surface area contributed by atoms with E-state index < -0.39 is 17.7 Å². The smallest absolute Gasteiger partial charge is 0.407 e. The molecule has 0 bridgehead atoms. The molecule has 0 spiro atoms. The number of esters is 1. The Morgan fingerprint density at radius 2 is 1.96 bits per heavy atom. The molecule has 0 fully saturated rings. The summed E-state index contributed by atoms with van der Waals surface area (Å²) >= 11 is 6.55. The third kappa shape index (κ3) is 5.50. The van der Waals surface area contributed by atoms with Crippen LogP contribution in [0.5, 0.6) is 0 Å². The summed E-state index contributed by atoms with van der Waals surface area (Å²) in [6.45, 7) is 8.05. The number of carbonyl (C=O) groups is 2. The summed E-state index contributed by atoms with van der Waals surface area (Å²) in [7, 11) is 1.33. The minimum absolute atomic E-state index is 0.303. The van der Waals surface area contributed by atoms with E-state index in [4.69, 9.17) is 21.1 Å². The largest absolute Gasteiger partial charge is 0.465 e. The van der Waals surface area contributed by atoms with Gasteiger partial charge in [0.05, 0.1) is 12.7 Å². The maximum atomic E-state index is 12.2. The van der Waals surface area contributed by atoms with Gasteiger partial charge in [-0.15, -0.1) is 0 Å².